The van der Waals surface area contributed by atoms with Crippen molar-refractivity contribution in [2.45, 2.75) is 19.3 Å². The summed E-state index contributed by atoms with van der Waals surface area (Å²) in [6, 6.07) is 76.0. The molecule has 0 amide bonds. The van der Waals surface area contributed by atoms with Crippen LogP contribution in [0.5, 0.6) is 0 Å². The minimum atomic E-state index is -0.114. The summed E-state index contributed by atoms with van der Waals surface area (Å²) in [5, 5.41) is 9.61. The molecule has 10 aromatic carbocycles. The first-order valence-corrected chi connectivity index (χ1v) is 23.2. The van der Waals surface area contributed by atoms with Crippen LogP contribution in [-0.4, -0.2) is 4.57 Å². The van der Waals surface area contributed by atoms with E-state index >= 15 is 0 Å². The SMILES string of the molecule is CC1(C)c2ccccc2-c2ccc(-n3c4ccccc4c4ccc(-c5cc(N(c6ccc7c(c6)sc6ccccc67)c6cccc7ccccc67)cc6c5oc5ccccc56)cc43)cc21. The number of hydrogen-bond acceptors (Lipinski definition) is 3. The van der Waals surface area contributed by atoms with Crippen molar-refractivity contribution in [2.24, 2.45) is 0 Å². The maximum atomic E-state index is 6.91. The fourth-order valence-electron chi connectivity index (χ4n) is 11.1. The van der Waals surface area contributed by atoms with Gasteiger partial charge in [0.25, 0.3) is 0 Å². The standard InChI is InChI=1S/C61H40N2OS/c1-61(2)52-21-9-5-17-43(52)44-30-27-39(35-53(44)61)63-55-22-10-6-18-45(55)46-29-26-38(32-56(46)63)50-33-41(34-51-47-19-7-11-24-57(47)64-60(50)51)62(54-23-13-15-37-14-3-4-16-42(37)54)40-28-31-49-48-20-8-12-25-58(48)65-59(49)36-40/h3-36H,1-2H3. The Morgan fingerprint density at radius 2 is 1.15 bits per heavy atom. The van der Waals surface area contributed by atoms with Crippen LogP contribution in [0.3, 0.4) is 0 Å². The Kier molecular flexibility index (Phi) is 7.62. The molecule has 3 heterocycles. The molecule has 13 aromatic rings. The number of para-hydroxylation sites is 2. The van der Waals surface area contributed by atoms with E-state index in [0.717, 1.165) is 61.3 Å². The van der Waals surface area contributed by atoms with Crippen molar-refractivity contribution in [1.29, 1.82) is 0 Å². The van der Waals surface area contributed by atoms with Crippen molar-refractivity contribution in [2.75, 3.05) is 4.90 Å². The van der Waals surface area contributed by atoms with Crippen LogP contribution in [0.25, 0.3) is 103 Å². The first kappa shape index (κ1) is 36.6. The number of nitrogens with zero attached hydrogens (tertiary/aromatic N) is 2. The number of benzene rings is 10. The van der Waals surface area contributed by atoms with Crippen LogP contribution in [-0.2, 0) is 5.41 Å². The molecule has 0 unspecified atom stereocenters. The maximum absolute atomic E-state index is 6.91. The third-order valence-corrected chi connectivity index (χ3v) is 15.3. The molecule has 1 aliphatic carbocycles. The molecule has 306 valence electrons. The lowest BCUT2D eigenvalue weighted by Crippen LogP contribution is -2.15. The highest BCUT2D eigenvalue weighted by Gasteiger charge is 2.35. The number of hydrogen-bond donors (Lipinski definition) is 0. The highest BCUT2D eigenvalue weighted by Crippen LogP contribution is 2.51. The third-order valence-electron chi connectivity index (χ3n) is 14.2. The van der Waals surface area contributed by atoms with Gasteiger partial charge in [0.1, 0.15) is 11.2 Å². The summed E-state index contributed by atoms with van der Waals surface area (Å²) in [6.45, 7) is 4.72. The normalized spacial score (nSPS) is 13.2. The Labute approximate surface area is 379 Å². The van der Waals surface area contributed by atoms with Crippen molar-refractivity contribution >= 4 is 103 Å². The summed E-state index contributed by atoms with van der Waals surface area (Å²) >= 11 is 1.85. The van der Waals surface area contributed by atoms with Gasteiger partial charge in [-0.05, 0) is 99.9 Å². The van der Waals surface area contributed by atoms with E-state index in [1.807, 2.05) is 11.3 Å². The monoisotopic (exact) mass is 848 g/mol. The van der Waals surface area contributed by atoms with Gasteiger partial charge in [-0.25, -0.2) is 0 Å². The second-order valence-corrected chi connectivity index (χ2v) is 19.1. The van der Waals surface area contributed by atoms with Crippen LogP contribution >= 0.6 is 11.3 Å². The van der Waals surface area contributed by atoms with Crippen LogP contribution in [0.2, 0.25) is 0 Å². The molecular weight excluding hydrogens is 809 g/mol. The molecule has 3 nitrogen and oxygen atoms in total. The second kappa shape index (κ2) is 13.5. The maximum Gasteiger partial charge on any atom is 0.143 e. The zero-order valence-electron chi connectivity index (χ0n) is 35.8. The smallest absolute Gasteiger partial charge is 0.143 e. The Morgan fingerprint density at radius 1 is 0.446 bits per heavy atom. The predicted octanol–water partition coefficient (Wildman–Crippen LogP) is 17.6. The first-order valence-electron chi connectivity index (χ1n) is 22.4. The topological polar surface area (TPSA) is 21.3 Å². The van der Waals surface area contributed by atoms with Gasteiger partial charge in [0.15, 0.2) is 0 Å². The second-order valence-electron chi connectivity index (χ2n) is 18.1. The molecule has 1 aliphatic rings. The van der Waals surface area contributed by atoms with Crippen molar-refractivity contribution in [1.82, 2.24) is 4.57 Å². The average Bonchev–Trinajstić information content (AvgIpc) is 4.08. The lowest BCUT2D eigenvalue weighted by atomic mass is 9.82. The van der Waals surface area contributed by atoms with E-state index in [9.17, 15) is 0 Å². The Balaban J connectivity index is 1.03. The molecule has 0 fully saturated rings. The number of thiophene rings is 1. The molecule has 65 heavy (non-hydrogen) atoms. The van der Waals surface area contributed by atoms with Crippen LogP contribution in [0.15, 0.2) is 211 Å². The van der Waals surface area contributed by atoms with E-state index in [4.69, 9.17) is 4.42 Å². The zero-order valence-corrected chi connectivity index (χ0v) is 36.7. The summed E-state index contributed by atoms with van der Waals surface area (Å²) in [5.74, 6) is 0. The van der Waals surface area contributed by atoms with Gasteiger partial charge >= 0.3 is 0 Å². The number of furan rings is 1. The van der Waals surface area contributed by atoms with E-state index in [-0.39, 0.29) is 5.41 Å². The first-order chi connectivity index (χ1) is 32.0. The molecule has 0 N–H and O–H groups in total. The molecule has 14 rings (SSSR count). The van der Waals surface area contributed by atoms with Crippen molar-refractivity contribution in [3.8, 4) is 27.9 Å². The number of rotatable bonds is 5. The molecule has 0 aliphatic heterocycles. The van der Waals surface area contributed by atoms with Gasteiger partial charge in [0.2, 0.25) is 0 Å². The van der Waals surface area contributed by atoms with Gasteiger partial charge in [-0.2, -0.15) is 0 Å². The van der Waals surface area contributed by atoms with Crippen molar-refractivity contribution in [3.63, 3.8) is 0 Å². The van der Waals surface area contributed by atoms with E-state index < -0.39 is 0 Å². The fourth-order valence-corrected chi connectivity index (χ4v) is 12.2. The summed E-state index contributed by atoms with van der Waals surface area (Å²) in [4.78, 5) is 2.46. The van der Waals surface area contributed by atoms with Crippen LogP contribution < -0.4 is 4.90 Å². The summed E-state index contributed by atoms with van der Waals surface area (Å²) in [6.07, 6.45) is 0. The number of aromatic nitrogens is 1. The van der Waals surface area contributed by atoms with Gasteiger partial charge in [-0.3, -0.25) is 0 Å². The van der Waals surface area contributed by atoms with E-state index in [0.29, 0.717) is 0 Å². The largest absolute Gasteiger partial charge is 0.455 e. The van der Waals surface area contributed by atoms with Gasteiger partial charge in [-0.1, -0.05) is 153 Å². The van der Waals surface area contributed by atoms with E-state index in [1.165, 1.54) is 69.5 Å². The Bertz CT molecular complexity index is 4120. The molecule has 0 radical (unpaired) electrons. The van der Waals surface area contributed by atoms with Crippen LogP contribution in [0.1, 0.15) is 25.0 Å². The lowest BCUT2D eigenvalue weighted by Gasteiger charge is -2.27. The van der Waals surface area contributed by atoms with Gasteiger partial charge in [0, 0.05) is 75.1 Å². The summed E-state index contributed by atoms with van der Waals surface area (Å²) in [7, 11) is 0. The Hall–Kier alpha value is -7.92. The average molecular weight is 849 g/mol. The molecule has 0 bridgehead atoms. The minimum Gasteiger partial charge on any atom is -0.455 e. The molecule has 0 saturated carbocycles. The summed E-state index contributed by atoms with van der Waals surface area (Å²) < 4.78 is 11.9. The van der Waals surface area contributed by atoms with Crippen molar-refractivity contribution in [3.05, 3.63) is 217 Å². The van der Waals surface area contributed by atoms with Gasteiger partial charge in [-0.15, -0.1) is 11.3 Å². The van der Waals surface area contributed by atoms with Crippen molar-refractivity contribution < 1.29 is 4.42 Å². The molecule has 4 heteroatoms. The minimum absolute atomic E-state index is 0.114. The molecule has 0 saturated heterocycles. The van der Waals surface area contributed by atoms with Crippen LogP contribution in [0.4, 0.5) is 17.1 Å². The highest BCUT2D eigenvalue weighted by atomic mass is 32.1. The van der Waals surface area contributed by atoms with E-state index in [2.05, 4.69) is 230 Å². The van der Waals surface area contributed by atoms with Gasteiger partial charge < -0.3 is 13.9 Å². The number of fused-ring (bicyclic) bond motifs is 13. The quantitative estimate of drug-likeness (QED) is 0.172. The lowest BCUT2D eigenvalue weighted by molar-refractivity contribution is 0.660. The van der Waals surface area contributed by atoms with Gasteiger partial charge in [0.05, 0.1) is 16.7 Å². The Morgan fingerprint density at radius 3 is 2.08 bits per heavy atom. The molecule has 0 atom stereocenters. The predicted molar refractivity (Wildman–Crippen MR) is 276 cm³/mol. The van der Waals surface area contributed by atoms with E-state index in [1.54, 1.807) is 0 Å². The molecule has 3 aromatic heterocycles. The molecular formula is C61H40N2OS. The van der Waals surface area contributed by atoms with Crippen LogP contribution in [0, 0.1) is 0 Å². The summed E-state index contributed by atoms with van der Waals surface area (Å²) in [5.41, 5.74) is 16.0. The third kappa shape index (κ3) is 5.29. The molecule has 0 spiro atoms. The number of anilines is 3. The zero-order chi connectivity index (χ0) is 43.0. The highest BCUT2D eigenvalue weighted by molar-refractivity contribution is 7.25. The fraction of sp³-hybridized carbons (Fsp3) is 0.0492.